The van der Waals surface area contributed by atoms with Crippen LogP contribution in [0.15, 0.2) is 97.3 Å². The number of hydrogen-bond donors (Lipinski definition) is 3. The summed E-state index contributed by atoms with van der Waals surface area (Å²) in [6.45, 7) is 3.28. The molecule has 0 bridgehead atoms. The molecule has 0 aliphatic heterocycles. The second-order valence-electron chi connectivity index (χ2n) is 10.8. The number of aromatic amines is 2. The first-order chi connectivity index (χ1) is 19.8. The van der Waals surface area contributed by atoms with Crippen LogP contribution in [-0.4, -0.2) is 24.8 Å². The van der Waals surface area contributed by atoms with Crippen LogP contribution < -0.4 is 5.32 Å². The highest BCUT2D eigenvalue weighted by Gasteiger charge is 2.28. The van der Waals surface area contributed by atoms with Crippen LogP contribution in [0, 0.1) is 0 Å². The molecule has 6 aromatic rings. The van der Waals surface area contributed by atoms with E-state index in [2.05, 4.69) is 105 Å². The molecular formula is C34H34N6. The zero-order valence-electron chi connectivity index (χ0n) is 22.6. The predicted molar refractivity (Wildman–Crippen MR) is 161 cm³/mol. The van der Waals surface area contributed by atoms with Crippen molar-refractivity contribution in [1.82, 2.24) is 30.2 Å². The van der Waals surface area contributed by atoms with Crippen LogP contribution in [0.4, 0.5) is 0 Å². The van der Waals surface area contributed by atoms with Crippen LogP contribution in [0.3, 0.4) is 0 Å². The summed E-state index contributed by atoms with van der Waals surface area (Å²) in [4.78, 5) is 19.2. The van der Waals surface area contributed by atoms with Crippen LogP contribution in [-0.2, 0) is 32.6 Å². The van der Waals surface area contributed by atoms with E-state index in [-0.39, 0.29) is 6.04 Å². The second kappa shape index (κ2) is 11.1. The Balaban J connectivity index is 1.07. The Bertz CT molecular complexity index is 1700. The Morgan fingerprint density at radius 2 is 1.65 bits per heavy atom. The molecule has 40 heavy (non-hydrogen) atoms. The highest BCUT2D eigenvalue weighted by atomic mass is 15.2. The van der Waals surface area contributed by atoms with E-state index in [0.29, 0.717) is 0 Å². The van der Waals surface area contributed by atoms with E-state index in [1.807, 2.05) is 12.3 Å². The van der Waals surface area contributed by atoms with Gasteiger partial charge in [-0.05, 0) is 65.8 Å². The Kier molecular flexibility index (Phi) is 6.86. The van der Waals surface area contributed by atoms with Crippen molar-refractivity contribution in [3.8, 4) is 0 Å². The predicted octanol–water partition coefficient (Wildman–Crippen LogP) is 6.81. The average Bonchev–Trinajstić information content (AvgIpc) is 3.61. The number of nitrogens with one attached hydrogen (secondary N) is 3. The zero-order valence-corrected chi connectivity index (χ0v) is 22.6. The number of pyridine rings is 1. The lowest BCUT2D eigenvalue weighted by Crippen LogP contribution is -2.31. The molecule has 1 unspecified atom stereocenters. The number of nitrogens with zero attached hydrogens (tertiary/aromatic N) is 3. The van der Waals surface area contributed by atoms with E-state index >= 15 is 0 Å². The van der Waals surface area contributed by atoms with Gasteiger partial charge >= 0.3 is 0 Å². The highest BCUT2D eigenvalue weighted by Crippen LogP contribution is 2.34. The minimum atomic E-state index is 0.274. The van der Waals surface area contributed by atoms with Crippen LogP contribution in [0.1, 0.15) is 52.7 Å². The third kappa shape index (κ3) is 5.16. The van der Waals surface area contributed by atoms with Gasteiger partial charge in [-0.25, -0.2) is 4.98 Å². The van der Waals surface area contributed by atoms with Crippen molar-refractivity contribution >= 4 is 21.9 Å². The molecule has 3 N–H and O–H groups in total. The van der Waals surface area contributed by atoms with Gasteiger partial charge in [0.2, 0.25) is 0 Å². The van der Waals surface area contributed by atoms with Crippen molar-refractivity contribution in [2.45, 2.75) is 51.5 Å². The molecule has 1 aliphatic carbocycles. The van der Waals surface area contributed by atoms with Gasteiger partial charge in [0.15, 0.2) is 0 Å². The number of aryl methyl sites for hydroxylation is 1. The van der Waals surface area contributed by atoms with Crippen LogP contribution in [0.25, 0.3) is 21.9 Å². The molecule has 3 aromatic heterocycles. The summed E-state index contributed by atoms with van der Waals surface area (Å²) in [6.07, 6.45) is 7.45. The number of imidazole rings is 1. The third-order valence-corrected chi connectivity index (χ3v) is 8.13. The van der Waals surface area contributed by atoms with Crippen molar-refractivity contribution < 1.29 is 0 Å². The van der Waals surface area contributed by atoms with Gasteiger partial charge in [-0.2, -0.15) is 0 Å². The van der Waals surface area contributed by atoms with Gasteiger partial charge in [0.05, 0.1) is 29.3 Å². The SMILES string of the molecule is c1cnc2c(c1)CCCC2N(Cc1ccc(CNCc2c[nH]c3ccccc23)cc1)Cc1nc2ccccc2[nH]1. The smallest absolute Gasteiger partial charge is 0.121 e. The molecule has 1 aliphatic rings. The van der Waals surface area contributed by atoms with Crippen LogP contribution >= 0.6 is 0 Å². The first-order valence-electron chi connectivity index (χ1n) is 14.3. The van der Waals surface area contributed by atoms with E-state index in [1.54, 1.807) is 0 Å². The van der Waals surface area contributed by atoms with E-state index < -0.39 is 0 Å². The van der Waals surface area contributed by atoms with Gasteiger partial charge in [-0.3, -0.25) is 9.88 Å². The lowest BCUT2D eigenvalue weighted by atomic mass is 9.90. The molecule has 0 fully saturated rings. The van der Waals surface area contributed by atoms with E-state index in [9.17, 15) is 0 Å². The Labute approximate surface area is 234 Å². The normalized spacial score (nSPS) is 15.2. The van der Waals surface area contributed by atoms with Crippen molar-refractivity contribution in [2.75, 3.05) is 0 Å². The largest absolute Gasteiger partial charge is 0.361 e. The molecule has 6 heteroatoms. The minimum Gasteiger partial charge on any atom is -0.361 e. The van der Waals surface area contributed by atoms with E-state index in [0.717, 1.165) is 55.9 Å². The quantitative estimate of drug-likeness (QED) is 0.194. The summed E-state index contributed by atoms with van der Waals surface area (Å²) in [7, 11) is 0. The van der Waals surface area contributed by atoms with Gasteiger partial charge in [-0.1, -0.05) is 60.7 Å². The molecule has 0 radical (unpaired) electrons. The minimum absolute atomic E-state index is 0.274. The van der Waals surface area contributed by atoms with Crippen molar-refractivity contribution in [1.29, 1.82) is 0 Å². The molecule has 3 heterocycles. The second-order valence-corrected chi connectivity index (χ2v) is 10.8. The Morgan fingerprint density at radius 3 is 2.55 bits per heavy atom. The fourth-order valence-corrected chi connectivity index (χ4v) is 6.11. The number of benzene rings is 3. The van der Waals surface area contributed by atoms with Gasteiger partial charge in [0.1, 0.15) is 5.82 Å². The number of H-pyrrole nitrogens is 2. The lowest BCUT2D eigenvalue weighted by molar-refractivity contribution is 0.153. The first-order valence-corrected chi connectivity index (χ1v) is 14.3. The summed E-state index contributed by atoms with van der Waals surface area (Å²) in [6, 6.07) is 30.4. The maximum absolute atomic E-state index is 4.90. The van der Waals surface area contributed by atoms with Gasteiger partial charge < -0.3 is 15.3 Å². The summed E-state index contributed by atoms with van der Waals surface area (Å²) >= 11 is 0. The average molecular weight is 527 g/mol. The maximum atomic E-state index is 4.90. The molecule has 0 spiro atoms. The number of rotatable bonds is 9. The van der Waals surface area contributed by atoms with Crippen molar-refractivity contribution in [2.24, 2.45) is 0 Å². The number of hydrogen-bond acceptors (Lipinski definition) is 4. The fourth-order valence-electron chi connectivity index (χ4n) is 6.11. The molecule has 200 valence electrons. The lowest BCUT2D eigenvalue weighted by Gasteiger charge is -2.34. The zero-order chi connectivity index (χ0) is 26.7. The molecular weight excluding hydrogens is 492 g/mol. The summed E-state index contributed by atoms with van der Waals surface area (Å²) in [5, 5.41) is 4.90. The Morgan fingerprint density at radius 1 is 0.825 bits per heavy atom. The molecule has 1 atom stereocenters. The summed E-state index contributed by atoms with van der Waals surface area (Å²) in [5.74, 6) is 1.00. The monoisotopic (exact) mass is 526 g/mol. The van der Waals surface area contributed by atoms with Gasteiger partial charge in [-0.15, -0.1) is 0 Å². The van der Waals surface area contributed by atoms with Gasteiger partial charge in [0.25, 0.3) is 0 Å². The maximum Gasteiger partial charge on any atom is 0.121 e. The molecule has 0 saturated heterocycles. The molecule has 6 nitrogen and oxygen atoms in total. The summed E-state index contributed by atoms with van der Waals surface area (Å²) in [5.41, 5.74) is 9.79. The van der Waals surface area contributed by atoms with Crippen LogP contribution in [0.2, 0.25) is 0 Å². The summed E-state index contributed by atoms with van der Waals surface area (Å²) < 4.78 is 0. The number of aromatic nitrogens is 4. The standard InChI is InChI=1S/C34H34N6/c1-2-10-29-28(9-1)27(21-37-29)20-35-19-24-14-16-25(17-15-24)22-40(23-33-38-30-11-3-4-12-31(30)39-33)32-13-5-7-26-8-6-18-36-34(26)32/h1-4,6,8-12,14-18,21,32,35,37H,5,7,13,19-20,22-23H2,(H,38,39). The molecule has 3 aromatic carbocycles. The highest BCUT2D eigenvalue weighted by molar-refractivity contribution is 5.83. The molecule has 0 saturated carbocycles. The first kappa shape index (κ1) is 24.8. The fraction of sp³-hybridized carbons (Fsp3) is 0.235. The van der Waals surface area contributed by atoms with Crippen LogP contribution in [0.5, 0.6) is 0 Å². The van der Waals surface area contributed by atoms with Crippen molar-refractivity contribution in [3.05, 3.63) is 131 Å². The van der Waals surface area contributed by atoms with E-state index in [1.165, 1.54) is 45.3 Å². The molecule has 0 amide bonds. The number of fused-ring (bicyclic) bond motifs is 3. The topological polar surface area (TPSA) is 72.6 Å². The van der Waals surface area contributed by atoms with Crippen molar-refractivity contribution in [3.63, 3.8) is 0 Å². The number of para-hydroxylation sites is 3. The van der Waals surface area contributed by atoms with E-state index in [4.69, 9.17) is 9.97 Å². The Hall–Kier alpha value is -4.26. The third-order valence-electron chi connectivity index (χ3n) is 8.13. The van der Waals surface area contributed by atoms with Gasteiger partial charge in [0, 0.05) is 42.9 Å². The molecule has 7 rings (SSSR count).